The van der Waals surface area contributed by atoms with Gasteiger partial charge in [-0.2, -0.15) is 0 Å². The molecule has 2 N–H and O–H groups in total. The number of hydrogen-bond donors (Lipinski definition) is 2. The number of carbonyl (C=O) groups is 1. The first-order valence-corrected chi connectivity index (χ1v) is 6.31. The van der Waals surface area contributed by atoms with Crippen LogP contribution >= 0.6 is 0 Å². The van der Waals surface area contributed by atoms with Crippen LogP contribution in [0.25, 0.3) is 0 Å². The molecule has 2 rings (SSSR count). The fourth-order valence-electron chi connectivity index (χ4n) is 2.24. The summed E-state index contributed by atoms with van der Waals surface area (Å²) in [7, 11) is 0. The predicted molar refractivity (Wildman–Crippen MR) is 65.7 cm³/mol. The molecule has 1 heterocycles. The number of aliphatic hydroxyl groups is 1. The number of amides is 1. The third-order valence-electron chi connectivity index (χ3n) is 3.29. The first-order valence-electron chi connectivity index (χ1n) is 6.31. The molecule has 0 spiro atoms. The van der Waals surface area contributed by atoms with Crippen LogP contribution in [0.15, 0.2) is 16.5 Å². The van der Waals surface area contributed by atoms with Crippen molar-refractivity contribution in [2.45, 2.75) is 44.2 Å². The van der Waals surface area contributed by atoms with Crippen LogP contribution in [0, 0.1) is 10.1 Å². The molecule has 2 unspecified atom stereocenters. The maximum absolute atomic E-state index is 11.9. The van der Waals surface area contributed by atoms with E-state index in [2.05, 4.69) is 5.32 Å². The van der Waals surface area contributed by atoms with Crippen molar-refractivity contribution in [1.29, 1.82) is 0 Å². The second-order valence-corrected chi connectivity index (χ2v) is 4.68. The maximum atomic E-state index is 11.9. The van der Waals surface area contributed by atoms with Gasteiger partial charge < -0.3 is 14.8 Å². The van der Waals surface area contributed by atoms with Gasteiger partial charge in [-0.05, 0) is 18.9 Å². The molecule has 1 aliphatic carbocycles. The largest absolute Gasteiger partial charge is 0.433 e. The fraction of sp³-hybridized carbons (Fsp3) is 0.583. The summed E-state index contributed by atoms with van der Waals surface area (Å²) in [6, 6.07) is 2.08. The minimum absolute atomic E-state index is 0.108. The van der Waals surface area contributed by atoms with Crippen LogP contribution in [0.1, 0.15) is 42.7 Å². The Labute approximate surface area is 109 Å². The molecule has 7 heteroatoms. The van der Waals surface area contributed by atoms with E-state index < -0.39 is 22.8 Å². The zero-order valence-electron chi connectivity index (χ0n) is 10.4. The molecule has 1 aromatic heterocycles. The van der Waals surface area contributed by atoms with Crippen molar-refractivity contribution < 1.29 is 19.2 Å². The van der Waals surface area contributed by atoms with Gasteiger partial charge in [-0.3, -0.25) is 14.9 Å². The Morgan fingerprint density at radius 1 is 1.37 bits per heavy atom. The Morgan fingerprint density at radius 3 is 2.79 bits per heavy atom. The van der Waals surface area contributed by atoms with E-state index in [1.165, 1.54) is 6.07 Å². The van der Waals surface area contributed by atoms with Crippen LogP contribution in [-0.4, -0.2) is 28.1 Å². The van der Waals surface area contributed by atoms with Gasteiger partial charge in [0.15, 0.2) is 5.76 Å². The lowest BCUT2D eigenvalue weighted by Crippen LogP contribution is -2.42. The minimum atomic E-state index is -0.697. The number of rotatable bonds is 3. The summed E-state index contributed by atoms with van der Waals surface area (Å²) in [5.41, 5.74) is 0. The van der Waals surface area contributed by atoms with Gasteiger partial charge >= 0.3 is 5.88 Å². The Morgan fingerprint density at radius 2 is 2.11 bits per heavy atom. The van der Waals surface area contributed by atoms with E-state index in [0.29, 0.717) is 12.8 Å². The number of hydrogen-bond acceptors (Lipinski definition) is 5. The Bertz CT molecular complexity index is 470. The molecule has 7 nitrogen and oxygen atoms in total. The summed E-state index contributed by atoms with van der Waals surface area (Å²) in [6.45, 7) is 0. The Balaban J connectivity index is 2.00. The summed E-state index contributed by atoms with van der Waals surface area (Å²) >= 11 is 0. The number of nitrogens with zero attached hydrogens (tertiary/aromatic N) is 1. The van der Waals surface area contributed by atoms with Gasteiger partial charge in [0.2, 0.25) is 0 Å². The molecule has 2 atom stereocenters. The second-order valence-electron chi connectivity index (χ2n) is 4.68. The normalized spacial score (nSPS) is 23.6. The zero-order chi connectivity index (χ0) is 13.8. The standard InChI is InChI=1S/C12H16N2O5/c15-9-5-3-1-2-4-8(9)13-12(16)10-6-7-11(19-10)14(17)18/h6-9,15H,1-5H2,(H,13,16). The summed E-state index contributed by atoms with van der Waals surface area (Å²) in [6.07, 6.45) is 3.71. The first kappa shape index (κ1) is 13.5. The molecule has 1 amide bonds. The van der Waals surface area contributed by atoms with Gasteiger partial charge in [-0.15, -0.1) is 0 Å². The topological polar surface area (TPSA) is 106 Å². The van der Waals surface area contributed by atoms with Crippen molar-refractivity contribution >= 4 is 11.8 Å². The number of nitro groups is 1. The average Bonchev–Trinajstić information content (AvgIpc) is 2.78. The lowest BCUT2D eigenvalue weighted by atomic mass is 10.1. The lowest BCUT2D eigenvalue weighted by Gasteiger charge is -2.20. The van der Waals surface area contributed by atoms with Crippen LogP contribution in [0.5, 0.6) is 0 Å². The van der Waals surface area contributed by atoms with Crippen molar-refractivity contribution in [2.24, 2.45) is 0 Å². The van der Waals surface area contributed by atoms with Crippen LogP contribution in [0.3, 0.4) is 0 Å². The lowest BCUT2D eigenvalue weighted by molar-refractivity contribution is -0.402. The van der Waals surface area contributed by atoms with Crippen LogP contribution < -0.4 is 5.32 Å². The van der Waals surface area contributed by atoms with Crippen molar-refractivity contribution in [3.63, 3.8) is 0 Å². The summed E-state index contributed by atoms with van der Waals surface area (Å²) in [5.74, 6) is -1.10. The van der Waals surface area contributed by atoms with Gasteiger partial charge in [0, 0.05) is 0 Å². The molecule has 0 saturated heterocycles. The highest BCUT2D eigenvalue weighted by molar-refractivity contribution is 5.91. The Hall–Kier alpha value is -1.89. The van der Waals surface area contributed by atoms with Crippen LogP contribution in [0.4, 0.5) is 5.88 Å². The highest BCUT2D eigenvalue weighted by atomic mass is 16.6. The Kier molecular flexibility index (Phi) is 4.16. The third-order valence-corrected chi connectivity index (χ3v) is 3.29. The number of nitrogens with one attached hydrogen (secondary N) is 1. The van der Waals surface area contributed by atoms with Crippen molar-refractivity contribution in [3.05, 3.63) is 28.0 Å². The van der Waals surface area contributed by atoms with Crippen molar-refractivity contribution in [3.8, 4) is 0 Å². The monoisotopic (exact) mass is 268 g/mol. The van der Waals surface area contributed by atoms with Gasteiger partial charge in [0.05, 0.1) is 18.2 Å². The molecule has 1 aromatic rings. The molecule has 19 heavy (non-hydrogen) atoms. The molecule has 1 saturated carbocycles. The van der Waals surface area contributed by atoms with Gasteiger partial charge in [-0.25, -0.2) is 0 Å². The molecular weight excluding hydrogens is 252 g/mol. The molecule has 0 aliphatic heterocycles. The molecule has 0 radical (unpaired) electrons. The van der Waals surface area contributed by atoms with E-state index >= 15 is 0 Å². The predicted octanol–water partition coefficient (Wildman–Crippen LogP) is 1.61. The van der Waals surface area contributed by atoms with Crippen molar-refractivity contribution in [2.75, 3.05) is 0 Å². The minimum Gasteiger partial charge on any atom is -0.395 e. The molecule has 0 bridgehead atoms. The third kappa shape index (κ3) is 3.31. The van der Waals surface area contributed by atoms with E-state index in [1.807, 2.05) is 0 Å². The van der Waals surface area contributed by atoms with E-state index in [0.717, 1.165) is 25.3 Å². The summed E-state index contributed by atoms with van der Waals surface area (Å²) in [5, 5.41) is 23.0. The highest BCUT2D eigenvalue weighted by Crippen LogP contribution is 2.20. The highest BCUT2D eigenvalue weighted by Gasteiger charge is 2.25. The molecule has 1 aliphatic rings. The van der Waals surface area contributed by atoms with E-state index in [9.17, 15) is 20.0 Å². The van der Waals surface area contributed by atoms with E-state index in [1.54, 1.807) is 0 Å². The number of furan rings is 1. The van der Waals surface area contributed by atoms with Crippen molar-refractivity contribution in [1.82, 2.24) is 5.32 Å². The van der Waals surface area contributed by atoms with Crippen LogP contribution in [-0.2, 0) is 0 Å². The summed E-state index contributed by atoms with van der Waals surface area (Å²) in [4.78, 5) is 21.6. The SMILES string of the molecule is O=C(NC1CCCCCC1O)c1ccc([N+](=O)[O-])o1. The molecule has 104 valence electrons. The van der Waals surface area contributed by atoms with Gasteiger partial charge in [0.1, 0.15) is 4.92 Å². The molecule has 1 fully saturated rings. The first-order chi connectivity index (χ1) is 9.08. The van der Waals surface area contributed by atoms with Gasteiger partial charge in [-0.1, -0.05) is 19.3 Å². The molecular formula is C12H16N2O5. The zero-order valence-corrected chi connectivity index (χ0v) is 10.4. The average molecular weight is 268 g/mol. The smallest absolute Gasteiger partial charge is 0.395 e. The summed E-state index contributed by atoms with van der Waals surface area (Å²) < 4.78 is 4.82. The van der Waals surface area contributed by atoms with E-state index in [4.69, 9.17) is 4.42 Å². The maximum Gasteiger partial charge on any atom is 0.433 e. The fourth-order valence-corrected chi connectivity index (χ4v) is 2.24. The number of carbonyl (C=O) groups excluding carboxylic acids is 1. The molecule has 0 aromatic carbocycles. The van der Waals surface area contributed by atoms with Crippen LogP contribution in [0.2, 0.25) is 0 Å². The number of aliphatic hydroxyl groups excluding tert-OH is 1. The van der Waals surface area contributed by atoms with E-state index in [-0.39, 0.29) is 11.8 Å². The second kappa shape index (κ2) is 5.83. The van der Waals surface area contributed by atoms with Gasteiger partial charge in [0.25, 0.3) is 5.91 Å². The quantitative estimate of drug-likeness (QED) is 0.492.